The molecular weight excluding hydrogens is 240 g/mol. The first kappa shape index (κ1) is 14.2. The molecule has 2 N–H and O–H groups in total. The van der Waals surface area contributed by atoms with Crippen molar-refractivity contribution in [3.05, 3.63) is 0 Å². The molecule has 0 radical (unpaired) electrons. The molecule has 2 fully saturated rings. The van der Waals surface area contributed by atoms with Crippen LogP contribution in [0.3, 0.4) is 0 Å². The number of ether oxygens (including phenoxy) is 4. The molecule has 106 valence electrons. The standard InChI is InChI=1S/C12H22O6/c1-11(2)16-6-8(17-11)9(14)10-7(13)5-15-12(3,4)18-10/h7-10,13-14H,5-6H2,1-4H3. The van der Waals surface area contributed by atoms with E-state index in [4.69, 9.17) is 18.9 Å². The Morgan fingerprint density at radius 3 is 2.11 bits per heavy atom. The molecule has 4 atom stereocenters. The van der Waals surface area contributed by atoms with Gasteiger partial charge in [0.2, 0.25) is 0 Å². The van der Waals surface area contributed by atoms with E-state index in [0.29, 0.717) is 0 Å². The van der Waals surface area contributed by atoms with E-state index in [1.54, 1.807) is 27.7 Å². The second-order valence-electron chi connectivity index (χ2n) is 5.72. The van der Waals surface area contributed by atoms with Gasteiger partial charge in [0.05, 0.1) is 13.2 Å². The van der Waals surface area contributed by atoms with E-state index in [2.05, 4.69) is 0 Å². The Hall–Kier alpha value is -0.240. The molecule has 18 heavy (non-hydrogen) atoms. The van der Waals surface area contributed by atoms with Crippen LogP contribution in [0.25, 0.3) is 0 Å². The summed E-state index contributed by atoms with van der Waals surface area (Å²) in [5.41, 5.74) is 0. The fraction of sp³-hybridized carbons (Fsp3) is 1.00. The number of hydrogen-bond donors (Lipinski definition) is 2. The van der Waals surface area contributed by atoms with Crippen molar-refractivity contribution in [3.63, 3.8) is 0 Å². The van der Waals surface area contributed by atoms with Gasteiger partial charge in [0, 0.05) is 0 Å². The van der Waals surface area contributed by atoms with E-state index in [1.165, 1.54) is 0 Å². The summed E-state index contributed by atoms with van der Waals surface area (Å²) in [6.07, 6.45) is -3.07. The lowest BCUT2D eigenvalue weighted by molar-refractivity contribution is -0.324. The van der Waals surface area contributed by atoms with Gasteiger partial charge in [-0.05, 0) is 27.7 Å². The van der Waals surface area contributed by atoms with Gasteiger partial charge in [0.25, 0.3) is 0 Å². The summed E-state index contributed by atoms with van der Waals surface area (Å²) in [6.45, 7) is 7.46. The Morgan fingerprint density at radius 2 is 1.56 bits per heavy atom. The van der Waals surface area contributed by atoms with Crippen LogP contribution in [0.15, 0.2) is 0 Å². The minimum Gasteiger partial charge on any atom is -0.388 e. The van der Waals surface area contributed by atoms with E-state index in [1.807, 2.05) is 0 Å². The summed E-state index contributed by atoms with van der Waals surface area (Å²) >= 11 is 0. The van der Waals surface area contributed by atoms with Crippen LogP contribution in [0.1, 0.15) is 27.7 Å². The van der Waals surface area contributed by atoms with Gasteiger partial charge in [-0.25, -0.2) is 0 Å². The summed E-state index contributed by atoms with van der Waals surface area (Å²) in [5, 5.41) is 20.1. The maximum Gasteiger partial charge on any atom is 0.163 e. The zero-order valence-electron chi connectivity index (χ0n) is 11.3. The lowest BCUT2D eigenvalue weighted by Crippen LogP contribution is -2.56. The van der Waals surface area contributed by atoms with Gasteiger partial charge < -0.3 is 29.2 Å². The zero-order chi connectivity index (χ0) is 13.6. The number of rotatable bonds is 2. The minimum atomic E-state index is -0.954. The minimum absolute atomic E-state index is 0.131. The number of aliphatic hydroxyl groups is 2. The van der Waals surface area contributed by atoms with Crippen LogP contribution in [0.4, 0.5) is 0 Å². The van der Waals surface area contributed by atoms with Gasteiger partial charge in [-0.3, -0.25) is 0 Å². The first-order valence-electron chi connectivity index (χ1n) is 6.20. The second-order valence-corrected chi connectivity index (χ2v) is 5.72. The summed E-state index contributed by atoms with van der Waals surface area (Å²) < 4.78 is 21.9. The second kappa shape index (κ2) is 4.70. The third-order valence-corrected chi connectivity index (χ3v) is 3.15. The smallest absolute Gasteiger partial charge is 0.163 e. The first-order valence-corrected chi connectivity index (χ1v) is 6.20. The molecule has 0 aromatic rings. The van der Waals surface area contributed by atoms with Crippen molar-refractivity contribution in [1.82, 2.24) is 0 Å². The third-order valence-electron chi connectivity index (χ3n) is 3.15. The lowest BCUT2D eigenvalue weighted by Gasteiger charge is -2.41. The molecule has 6 nitrogen and oxygen atoms in total. The molecule has 0 saturated carbocycles. The van der Waals surface area contributed by atoms with Gasteiger partial charge >= 0.3 is 0 Å². The van der Waals surface area contributed by atoms with Gasteiger partial charge in [-0.15, -0.1) is 0 Å². The number of hydrogen-bond acceptors (Lipinski definition) is 6. The average Bonchev–Trinajstić information content (AvgIpc) is 2.61. The lowest BCUT2D eigenvalue weighted by atomic mass is 10.0. The Balaban J connectivity index is 2.01. The van der Waals surface area contributed by atoms with Gasteiger partial charge in [-0.2, -0.15) is 0 Å². The highest BCUT2D eigenvalue weighted by atomic mass is 16.8. The predicted octanol–water partition coefficient (Wildman–Crippen LogP) is 0.0112. The van der Waals surface area contributed by atoms with Crippen molar-refractivity contribution in [2.75, 3.05) is 13.2 Å². The van der Waals surface area contributed by atoms with Crippen molar-refractivity contribution in [1.29, 1.82) is 0 Å². The van der Waals surface area contributed by atoms with Crippen LogP contribution in [0.5, 0.6) is 0 Å². The van der Waals surface area contributed by atoms with Crippen molar-refractivity contribution in [2.24, 2.45) is 0 Å². The molecule has 2 heterocycles. The summed E-state index contributed by atoms with van der Waals surface area (Å²) in [6, 6.07) is 0. The SMILES string of the molecule is CC1(C)OCC(C(O)C2OC(C)(C)OCC2O)O1. The molecule has 0 amide bonds. The number of aliphatic hydroxyl groups excluding tert-OH is 2. The van der Waals surface area contributed by atoms with Crippen molar-refractivity contribution in [3.8, 4) is 0 Å². The normalized spacial score (nSPS) is 40.7. The van der Waals surface area contributed by atoms with Gasteiger partial charge in [0.15, 0.2) is 11.6 Å². The van der Waals surface area contributed by atoms with E-state index in [0.717, 1.165) is 0 Å². The van der Waals surface area contributed by atoms with Crippen molar-refractivity contribution < 1.29 is 29.2 Å². The van der Waals surface area contributed by atoms with Crippen LogP contribution >= 0.6 is 0 Å². The molecule has 0 bridgehead atoms. The maximum atomic E-state index is 10.3. The fourth-order valence-corrected chi connectivity index (χ4v) is 2.21. The molecule has 0 spiro atoms. The fourth-order valence-electron chi connectivity index (χ4n) is 2.21. The highest BCUT2D eigenvalue weighted by Gasteiger charge is 2.46. The highest BCUT2D eigenvalue weighted by Crippen LogP contribution is 2.30. The zero-order valence-corrected chi connectivity index (χ0v) is 11.3. The van der Waals surface area contributed by atoms with Gasteiger partial charge in [-0.1, -0.05) is 0 Å². The summed E-state index contributed by atoms with van der Waals surface area (Å²) in [4.78, 5) is 0. The Labute approximate surface area is 107 Å². The van der Waals surface area contributed by atoms with Crippen LogP contribution in [0, 0.1) is 0 Å². The topological polar surface area (TPSA) is 77.4 Å². The van der Waals surface area contributed by atoms with Crippen LogP contribution < -0.4 is 0 Å². The largest absolute Gasteiger partial charge is 0.388 e. The molecule has 6 heteroatoms. The van der Waals surface area contributed by atoms with Crippen LogP contribution in [-0.2, 0) is 18.9 Å². The monoisotopic (exact) mass is 262 g/mol. The maximum absolute atomic E-state index is 10.3. The third kappa shape index (κ3) is 3.01. The summed E-state index contributed by atoms with van der Waals surface area (Å²) in [5.74, 6) is -1.53. The van der Waals surface area contributed by atoms with Crippen LogP contribution in [-0.4, -0.2) is 59.4 Å². The first-order chi connectivity index (χ1) is 8.20. The predicted molar refractivity (Wildman–Crippen MR) is 61.8 cm³/mol. The molecule has 4 unspecified atom stereocenters. The quantitative estimate of drug-likeness (QED) is 0.730. The Bertz CT molecular complexity index is 303. The molecule has 0 aliphatic carbocycles. The van der Waals surface area contributed by atoms with Crippen molar-refractivity contribution >= 4 is 0 Å². The van der Waals surface area contributed by atoms with Gasteiger partial charge in [0.1, 0.15) is 24.4 Å². The molecule has 2 rings (SSSR count). The van der Waals surface area contributed by atoms with E-state index in [-0.39, 0.29) is 13.2 Å². The van der Waals surface area contributed by atoms with E-state index >= 15 is 0 Å². The molecule has 2 saturated heterocycles. The Kier molecular flexibility index (Phi) is 3.70. The van der Waals surface area contributed by atoms with Crippen LogP contribution in [0.2, 0.25) is 0 Å². The molecule has 2 aliphatic heterocycles. The van der Waals surface area contributed by atoms with E-state index < -0.39 is 36.0 Å². The highest BCUT2D eigenvalue weighted by molar-refractivity contribution is 4.89. The Morgan fingerprint density at radius 1 is 1.00 bits per heavy atom. The molecule has 0 aromatic carbocycles. The molecular formula is C12H22O6. The van der Waals surface area contributed by atoms with E-state index in [9.17, 15) is 10.2 Å². The summed E-state index contributed by atoms with van der Waals surface area (Å²) in [7, 11) is 0. The molecule has 2 aliphatic rings. The average molecular weight is 262 g/mol. The van der Waals surface area contributed by atoms with Crippen molar-refractivity contribution in [2.45, 2.75) is 63.7 Å². The molecule has 0 aromatic heterocycles.